The van der Waals surface area contributed by atoms with Crippen molar-refractivity contribution in [2.45, 2.75) is 56.4 Å². The van der Waals surface area contributed by atoms with Gasteiger partial charge in [-0.15, -0.1) is 0 Å². The Balaban J connectivity index is 1.23. The van der Waals surface area contributed by atoms with E-state index in [1.165, 1.54) is 51.6 Å². The highest BCUT2D eigenvalue weighted by Gasteiger charge is 2.41. The number of anilines is 1. The molecule has 5 fully saturated rings. The van der Waals surface area contributed by atoms with Crippen molar-refractivity contribution in [3.05, 3.63) is 29.8 Å². The largest absolute Gasteiger partial charge is 0.469 e. The van der Waals surface area contributed by atoms with Gasteiger partial charge in [0.25, 0.3) is 0 Å². The molecule has 6 nitrogen and oxygen atoms in total. The zero-order valence-electron chi connectivity index (χ0n) is 18.0. The third kappa shape index (κ3) is 3.39. The lowest BCUT2D eigenvalue weighted by molar-refractivity contribution is -0.146. The number of esters is 1. The van der Waals surface area contributed by atoms with Crippen LogP contribution in [-0.2, 0) is 14.9 Å². The van der Waals surface area contributed by atoms with Crippen LogP contribution in [0, 0.1) is 5.92 Å². The number of piperidine rings is 3. The van der Waals surface area contributed by atoms with Gasteiger partial charge in [0.2, 0.25) is 0 Å². The number of rotatable bonds is 4. The summed E-state index contributed by atoms with van der Waals surface area (Å²) in [6.07, 6.45) is 7.19. The van der Waals surface area contributed by atoms with Crippen LogP contribution in [0.4, 0.5) is 10.5 Å². The monoisotopic (exact) mass is 411 g/mol. The van der Waals surface area contributed by atoms with E-state index in [1.54, 1.807) is 0 Å². The SMILES string of the molecule is COC(=O)C1CCC(N2CCN(c3ccc(C45CCN(CC4)CC5)cc3)C2=O)CC1. The average molecular weight is 412 g/mol. The van der Waals surface area contributed by atoms with E-state index in [-0.39, 0.29) is 24.0 Å². The van der Waals surface area contributed by atoms with Gasteiger partial charge < -0.3 is 14.5 Å². The molecule has 0 atom stereocenters. The number of carbonyl (C=O) groups is 2. The molecule has 6 rings (SSSR count). The molecule has 1 aliphatic carbocycles. The number of hydrogen-bond acceptors (Lipinski definition) is 4. The quantitative estimate of drug-likeness (QED) is 0.713. The molecular weight excluding hydrogens is 378 g/mol. The van der Waals surface area contributed by atoms with Gasteiger partial charge in [-0.25, -0.2) is 4.79 Å². The van der Waals surface area contributed by atoms with Crippen molar-refractivity contribution in [2.24, 2.45) is 5.92 Å². The number of methoxy groups -OCH3 is 1. The summed E-state index contributed by atoms with van der Waals surface area (Å²) in [5.74, 6) is -0.107. The van der Waals surface area contributed by atoms with Gasteiger partial charge >= 0.3 is 12.0 Å². The normalized spacial score (nSPS) is 33.8. The van der Waals surface area contributed by atoms with Gasteiger partial charge in [-0.2, -0.15) is 0 Å². The van der Waals surface area contributed by atoms with Crippen LogP contribution in [0.3, 0.4) is 0 Å². The Kier molecular flexibility index (Phi) is 5.21. The predicted molar refractivity (Wildman–Crippen MR) is 116 cm³/mol. The summed E-state index contributed by atoms with van der Waals surface area (Å²) in [6, 6.07) is 9.21. The van der Waals surface area contributed by atoms with Gasteiger partial charge in [-0.3, -0.25) is 9.69 Å². The second kappa shape index (κ2) is 7.88. The van der Waals surface area contributed by atoms with Crippen molar-refractivity contribution in [3.8, 4) is 0 Å². The predicted octanol–water partition coefficient (Wildman–Crippen LogP) is 3.40. The number of carbonyl (C=O) groups excluding carboxylic acids is 2. The van der Waals surface area contributed by atoms with E-state index < -0.39 is 0 Å². The van der Waals surface area contributed by atoms with Gasteiger partial charge in [-0.05, 0) is 87.7 Å². The standard InChI is InChI=1S/C24H33N3O3/c1-30-22(28)18-2-6-20(7-3-18)26-16-17-27(23(26)29)21-8-4-19(5-9-21)24-10-13-25(14-11-24)15-12-24/h4-5,8-9,18,20H,2-3,6-7,10-17H2,1H3. The Morgan fingerprint density at radius 3 is 2.17 bits per heavy atom. The fraction of sp³-hybridized carbons (Fsp3) is 0.667. The van der Waals surface area contributed by atoms with Crippen molar-refractivity contribution >= 4 is 17.7 Å². The fourth-order valence-electron chi connectivity index (χ4n) is 6.18. The van der Waals surface area contributed by atoms with E-state index in [2.05, 4.69) is 29.2 Å². The second-order valence-electron chi connectivity index (χ2n) is 9.58. The Hall–Kier alpha value is -2.08. The van der Waals surface area contributed by atoms with Crippen molar-refractivity contribution in [1.82, 2.24) is 9.80 Å². The van der Waals surface area contributed by atoms with E-state index in [0.29, 0.717) is 5.41 Å². The van der Waals surface area contributed by atoms with Crippen molar-refractivity contribution in [1.29, 1.82) is 0 Å². The zero-order chi connectivity index (χ0) is 20.7. The van der Waals surface area contributed by atoms with Gasteiger partial charge in [0, 0.05) is 24.8 Å². The van der Waals surface area contributed by atoms with Crippen LogP contribution >= 0.6 is 0 Å². The molecule has 1 aromatic rings. The molecule has 0 N–H and O–H groups in total. The van der Waals surface area contributed by atoms with Gasteiger partial charge in [0.1, 0.15) is 0 Å². The smallest absolute Gasteiger partial charge is 0.324 e. The van der Waals surface area contributed by atoms with Gasteiger partial charge in [0.05, 0.1) is 13.0 Å². The number of benzene rings is 1. The molecule has 5 aliphatic rings. The molecule has 1 aromatic carbocycles. The van der Waals surface area contributed by atoms with E-state index >= 15 is 0 Å². The maximum absolute atomic E-state index is 13.1. The third-order valence-corrected chi connectivity index (χ3v) is 8.22. The summed E-state index contributed by atoms with van der Waals surface area (Å²) < 4.78 is 4.89. The number of urea groups is 1. The molecule has 2 bridgehead atoms. The molecule has 162 valence electrons. The fourth-order valence-corrected chi connectivity index (χ4v) is 6.18. The summed E-state index contributed by atoms with van der Waals surface area (Å²) in [4.78, 5) is 31.4. The zero-order valence-corrected chi connectivity index (χ0v) is 18.0. The molecule has 0 spiro atoms. The number of nitrogens with zero attached hydrogens (tertiary/aromatic N) is 3. The Labute approximate surface area is 179 Å². The number of amides is 2. The average Bonchev–Trinajstić information content (AvgIpc) is 3.21. The Morgan fingerprint density at radius 1 is 0.933 bits per heavy atom. The van der Waals surface area contributed by atoms with E-state index in [4.69, 9.17) is 4.74 Å². The lowest BCUT2D eigenvalue weighted by Gasteiger charge is -2.49. The van der Waals surface area contributed by atoms with Crippen LogP contribution < -0.4 is 4.90 Å². The minimum atomic E-state index is -0.106. The maximum Gasteiger partial charge on any atom is 0.324 e. The summed E-state index contributed by atoms with van der Waals surface area (Å²) in [5, 5.41) is 0. The number of ether oxygens (including phenoxy) is 1. The highest BCUT2D eigenvalue weighted by Crippen LogP contribution is 2.43. The lowest BCUT2D eigenvalue weighted by Crippen LogP contribution is -2.50. The summed E-state index contributed by atoms with van der Waals surface area (Å²) in [5.41, 5.74) is 2.82. The Bertz CT molecular complexity index is 779. The first-order valence-electron chi connectivity index (χ1n) is 11.6. The molecule has 4 aliphatic heterocycles. The number of fused-ring (bicyclic) bond motifs is 3. The van der Waals surface area contributed by atoms with Crippen molar-refractivity contribution < 1.29 is 14.3 Å². The molecule has 1 saturated carbocycles. The third-order valence-electron chi connectivity index (χ3n) is 8.22. The first-order chi connectivity index (χ1) is 14.6. The molecule has 6 heteroatoms. The minimum Gasteiger partial charge on any atom is -0.469 e. The summed E-state index contributed by atoms with van der Waals surface area (Å²) in [6.45, 7) is 5.18. The van der Waals surface area contributed by atoms with E-state index in [1.807, 2.05) is 9.80 Å². The number of hydrogen-bond donors (Lipinski definition) is 0. The molecule has 0 radical (unpaired) electrons. The first-order valence-corrected chi connectivity index (χ1v) is 11.6. The minimum absolute atomic E-state index is 0.00127. The maximum atomic E-state index is 13.1. The van der Waals surface area contributed by atoms with Crippen LogP contribution in [0.2, 0.25) is 0 Å². The molecular formula is C24H33N3O3. The molecule has 0 aromatic heterocycles. The topological polar surface area (TPSA) is 53.1 Å². The molecule has 2 amide bonds. The van der Waals surface area contributed by atoms with E-state index in [0.717, 1.165) is 44.5 Å². The van der Waals surface area contributed by atoms with Gasteiger partial charge in [0.15, 0.2) is 0 Å². The molecule has 30 heavy (non-hydrogen) atoms. The van der Waals surface area contributed by atoms with E-state index in [9.17, 15) is 9.59 Å². The summed E-state index contributed by atoms with van der Waals surface area (Å²) >= 11 is 0. The highest BCUT2D eigenvalue weighted by atomic mass is 16.5. The van der Waals surface area contributed by atoms with Crippen molar-refractivity contribution in [3.63, 3.8) is 0 Å². The molecule has 0 unspecified atom stereocenters. The lowest BCUT2D eigenvalue weighted by atomic mass is 9.67. The van der Waals surface area contributed by atoms with Gasteiger partial charge in [-0.1, -0.05) is 12.1 Å². The van der Waals surface area contributed by atoms with Crippen molar-refractivity contribution in [2.75, 3.05) is 44.7 Å². The highest BCUT2D eigenvalue weighted by molar-refractivity contribution is 5.94. The molecule has 4 heterocycles. The van der Waals surface area contributed by atoms with Crippen LogP contribution in [0.25, 0.3) is 0 Å². The second-order valence-corrected chi connectivity index (χ2v) is 9.58. The van der Waals surface area contributed by atoms with Crippen LogP contribution in [0.5, 0.6) is 0 Å². The Morgan fingerprint density at radius 2 is 1.57 bits per heavy atom. The van der Waals surface area contributed by atoms with Crippen LogP contribution in [0.1, 0.15) is 50.5 Å². The molecule has 4 saturated heterocycles. The first kappa shape index (κ1) is 19.9. The van der Waals surface area contributed by atoms with Crippen LogP contribution in [-0.4, -0.2) is 67.7 Å². The summed E-state index contributed by atoms with van der Waals surface area (Å²) in [7, 11) is 1.46. The van der Waals surface area contributed by atoms with Crippen LogP contribution in [0.15, 0.2) is 24.3 Å².